The number of rotatable bonds is 6. The predicted molar refractivity (Wildman–Crippen MR) is 64.3 cm³/mol. The van der Waals surface area contributed by atoms with E-state index in [1.807, 2.05) is 10.9 Å². The van der Waals surface area contributed by atoms with Crippen LogP contribution in [-0.4, -0.2) is 23.5 Å². The van der Waals surface area contributed by atoms with Crippen LogP contribution in [0.4, 0.5) is 0 Å². The second kappa shape index (κ2) is 5.41. The van der Waals surface area contributed by atoms with Crippen LogP contribution in [-0.2, 0) is 4.79 Å². The van der Waals surface area contributed by atoms with Gasteiger partial charge in [0.1, 0.15) is 0 Å². The largest absolute Gasteiger partial charge is 0.353 e. The van der Waals surface area contributed by atoms with E-state index in [4.69, 9.17) is 0 Å². The normalized spacial score (nSPS) is 17.1. The predicted octanol–water partition coefficient (Wildman–Crippen LogP) is 1.46. The minimum atomic E-state index is 0.153. The SMILES string of the molecule is CC(NCCC(=O)NC1CC1)c1cscn1. The molecule has 0 spiro atoms. The van der Waals surface area contributed by atoms with Gasteiger partial charge in [0.15, 0.2) is 0 Å². The molecule has 0 aliphatic heterocycles. The molecule has 2 rings (SSSR count). The molecular formula is C11H17N3OS. The van der Waals surface area contributed by atoms with Crippen molar-refractivity contribution in [3.05, 3.63) is 16.6 Å². The third-order valence-electron chi connectivity index (χ3n) is 2.64. The van der Waals surface area contributed by atoms with Gasteiger partial charge in [0.25, 0.3) is 0 Å². The van der Waals surface area contributed by atoms with Crippen molar-refractivity contribution in [3.63, 3.8) is 0 Å². The van der Waals surface area contributed by atoms with Crippen molar-refractivity contribution in [1.82, 2.24) is 15.6 Å². The van der Waals surface area contributed by atoms with Gasteiger partial charge in [-0.15, -0.1) is 11.3 Å². The molecule has 1 fully saturated rings. The summed E-state index contributed by atoms with van der Waals surface area (Å²) in [5.74, 6) is 0.153. The zero-order valence-electron chi connectivity index (χ0n) is 9.40. The average molecular weight is 239 g/mol. The molecule has 5 heteroatoms. The smallest absolute Gasteiger partial charge is 0.221 e. The molecule has 1 saturated carbocycles. The third kappa shape index (κ3) is 3.57. The number of amides is 1. The molecule has 1 aromatic heterocycles. The van der Waals surface area contributed by atoms with Crippen molar-refractivity contribution in [3.8, 4) is 0 Å². The van der Waals surface area contributed by atoms with Gasteiger partial charge >= 0.3 is 0 Å². The molecule has 1 aromatic rings. The highest BCUT2D eigenvalue weighted by Gasteiger charge is 2.22. The molecule has 88 valence electrons. The summed E-state index contributed by atoms with van der Waals surface area (Å²) < 4.78 is 0. The summed E-state index contributed by atoms with van der Waals surface area (Å²) in [5.41, 5.74) is 2.88. The van der Waals surface area contributed by atoms with E-state index in [0.29, 0.717) is 19.0 Å². The van der Waals surface area contributed by atoms with E-state index in [-0.39, 0.29) is 11.9 Å². The van der Waals surface area contributed by atoms with Crippen molar-refractivity contribution in [2.45, 2.75) is 38.3 Å². The lowest BCUT2D eigenvalue weighted by molar-refractivity contribution is -0.121. The van der Waals surface area contributed by atoms with E-state index in [0.717, 1.165) is 18.5 Å². The fraction of sp³-hybridized carbons (Fsp3) is 0.636. The molecule has 1 aliphatic rings. The second-order valence-corrected chi connectivity index (χ2v) is 4.90. The Labute approximate surface area is 99.5 Å². The number of hydrogen-bond donors (Lipinski definition) is 2. The molecular weight excluding hydrogens is 222 g/mol. The molecule has 16 heavy (non-hydrogen) atoms. The lowest BCUT2D eigenvalue weighted by Gasteiger charge is -2.11. The van der Waals surface area contributed by atoms with Crippen molar-refractivity contribution >= 4 is 17.2 Å². The van der Waals surface area contributed by atoms with Crippen LogP contribution in [0.15, 0.2) is 10.9 Å². The van der Waals surface area contributed by atoms with E-state index in [2.05, 4.69) is 22.5 Å². The van der Waals surface area contributed by atoms with Gasteiger partial charge < -0.3 is 10.6 Å². The summed E-state index contributed by atoms with van der Waals surface area (Å²) in [6.45, 7) is 2.77. The number of nitrogens with zero attached hydrogens (tertiary/aromatic N) is 1. The summed E-state index contributed by atoms with van der Waals surface area (Å²) in [7, 11) is 0. The summed E-state index contributed by atoms with van der Waals surface area (Å²) in [4.78, 5) is 15.6. The maximum atomic E-state index is 11.4. The van der Waals surface area contributed by atoms with E-state index >= 15 is 0 Å². The molecule has 4 nitrogen and oxygen atoms in total. The Morgan fingerprint density at radius 3 is 3.12 bits per heavy atom. The Hall–Kier alpha value is -0.940. The first kappa shape index (κ1) is 11.5. The van der Waals surface area contributed by atoms with E-state index < -0.39 is 0 Å². The number of thiazole rings is 1. The van der Waals surface area contributed by atoms with Crippen LogP contribution in [0.3, 0.4) is 0 Å². The van der Waals surface area contributed by atoms with Crippen LogP contribution >= 0.6 is 11.3 Å². The van der Waals surface area contributed by atoms with Crippen molar-refractivity contribution in [2.24, 2.45) is 0 Å². The number of hydrogen-bond acceptors (Lipinski definition) is 4. The fourth-order valence-electron chi connectivity index (χ4n) is 1.47. The topological polar surface area (TPSA) is 54.0 Å². The Balaban J connectivity index is 1.61. The third-order valence-corrected chi connectivity index (χ3v) is 3.24. The maximum absolute atomic E-state index is 11.4. The number of aromatic nitrogens is 1. The average Bonchev–Trinajstić information content (AvgIpc) is 2.90. The number of carbonyl (C=O) groups is 1. The molecule has 1 amide bonds. The second-order valence-electron chi connectivity index (χ2n) is 4.18. The van der Waals surface area contributed by atoms with Gasteiger partial charge in [0.2, 0.25) is 5.91 Å². The maximum Gasteiger partial charge on any atom is 0.221 e. The number of nitrogens with one attached hydrogen (secondary N) is 2. The van der Waals surface area contributed by atoms with Gasteiger partial charge in [0.05, 0.1) is 11.2 Å². The van der Waals surface area contributed by atoms with Gasteiger partial charge in [0, 0.05) is 30.4 Å². The van der Waals surface area contributed by atoms with Gasteiger partial charge in [-0.1, -0.05) is 0 Å². The van der Waals surface area contributed by atoms with Crippen LogP contribution in [0.5, 0.6) is 0 Å². The van der Waals surface area contributed by atoms with Crippen LogP contribution in [0, 0.1) is 0 Å². The van der Waals surface area contributed by atoms with Crippen LogP contribution in [0.2, 0.25) is 0 Å². The van der Waals surface area contributed by atoms with Gasteiger partial charge in [-0.05, 0) is 19.8 Å². The minimum absolute atomic E-state index is 0.153. The van der Waals surface area contributed by atoms with Crippen molar-refractivity contribution in [1.29, 1.82) is 0 Å². The first-order valence-corrected chi connectivity index (χ1v) is 6.61. The highest BCUT2D eigenvalue weighted by atomic mass is 32.1. The zero-order valence-corrected chi connectivity index (χ0v) is 10.2. The van der Waals surface area contributed by atoms with Crippen LogP contribution in [0.25, 0.3) is 0 Å². The molecule has 0 aromatic carbocycles. The van der Waals surface area contributed by atoms with E-state index in [1.54, 1.807) is 11.3 Å². The molecule has 1 atom stereocenters. The van der Waals surface area contributed by atoms with E-state index in [9.17, 15) is 4.79 Å². The van der Waals surface area contributed by atoms with Gasteiger partial charge in [-0.3, -0.25) is 4.79 Å². The Morgan fingerprint density at radius 1 is 1.69 bits per heavy atom. The fourth-order valence-corrected chi connectivity index (χ4v) is 2.12. The minimum Gasteiger partial charge on any atom is -0.353 e. The summed E-state index contributed by atoms with van der Waals surface area (Å²) in [6.07, 6.45) is 2.84. The highest BCUT2D eigenvalue weighted by molar-refractivity contribution is 7.07. The van der Waals surface area contributed by atoms with Gasteiger partial charge in [-0.2, -0.15) is 0 Å². The molecule has 2 N–H and O–H groups in total. The molecule has 0 saturated heterocycles. The summed E-state index contributed by atoms with van der Waals surface area (Å²) in [5, 5.41) is 8.29. The molecule has 0 radical (unpaired) electrons. The van der Waals surface area contributed by atoms with E-state index in [1.165, 1.54) is 0 Å². The Kier molecular flexibility index (Phi) is 3.90. The van der Waals surface area contributed by atoms with Crippen molar-refractivity contribution in [2.75, 3.05) is 6.54 Å². The summed E-state index contributed by atoms with van der Waals surface area (Å²) >= 11 is 1.59. The van der Waals surface area contributed by atoms with Crippen molar-refractivity contribution < 1.29 is 4.79 Å². The quantitative estimate of drug-likeness (QED) is 0.790. The molecule has 1 heterocycles. The lowest BCUT2D eigenvalue weighted by Crippen LogP contribution is -2.30. The Morgan fingerprint density at radius 2 is 2.50 bits per heavy atom. The first-order chi connectivity index (χ1) is 7.75. The number of carbonyl (C=O) groups excluding carboxylic acids is 1. The summed E-state index contributed by atoms with van der Waals surface area (Å²) in [6, 6.07) is 0.684. The van der Waals surface area contributed by atoms with Crippen LogP contribution < -0.4 is 10.6 Å². The highest BCUT2D eigenvalue weighted by Crippen LogP contribution is 2.18. The first-order valence-electron chi connectivity index (χ1n) is 5.66. The Bertz CT molecular complexity index is 335. The van der Waals surface area contributed by atoms with Crippen LogP contribution in [0.1, 0.15) is 37.9 Å². The lowest BCUT2D eigenvalue weighted by atomic mass is 10.2. The standard InChI is InChI=1S/C11H17N3OS/c1-8(10-6-16-7-13-10)12-5-4-11(15)14-9-2-3-9/h6-9,12H,2-5H2,1H3,(H,14,15). The molecule has 1 unspecified atom stereocenters. The molecule has 1 aliphatic carbocycles. The monoisotopic (exact) mass is 239 g/mol. The van der Waals surface area contributed by atoms with Gasteiger partial charge in [-0.25, -0.2) is 4.98 Å². The molecule has 0 bridgehead atoms. The zero-order chi connectivity index (χ0) is 11.4.